The van der Waals surface area contributed by atoms with E-state index in [0.717, 1.165) is 41.5 Å². The molecule has 27 heavy (non-hydrogen) atoms. The molecule has 2 heterocycles. The Balaban J connectivity index is 1.50. The van der Waals surface area contributed by atoms with Crippen LogP contribution in [0.1, 0.15) is 23.1 Å². The zero-order valence-corrected chi connectivity index (χ0v) is 16.4. The minimum atomic E-state index is 0.119. The second-order valence-corrected chi connectivity index (χ2v) is 7.78. The number of hydrogen-bond donors (Lipinski definition) is 0. The smallest absolute Gasteiger partial charge is 0.237 e. The molecule has 5 nitrogen and oxygen atoms in total. The molecule has 0 atom stereocenters. The highest BCUT2D eigenvalue weighted by atomic mass is 32.2. The third-order valence-electron chi connectivity index (χ3n) is 4.87. The number of hydrogen-bond acceptors (Lipinski definition) is 4. The van der Waals surface area contributed by atoms with E-state index in [1.165, 1.54) is 22.9 Å². The monoisotopic (exact) mass is 378 g/mol. The molecule has 6 heteroatoms. The van der Waals surface area contributed by atoms with Crippen molar-refractivity contribution in [2.24, 2.45) is 0 Å². The Labute approximate surface area is 163 Å². The van der Waals surface area contributed by atoms with Gasteiger partial charge in [-0.3, -0.25) is 9.36 Å². The fraction of sp³-hybridized carbons (Fsp3) is 0.286. The van der Waals surface area contributed by atoms with Gasteiger partial charge in [0.05, 0.1) is 5.75 Å². The number of rotatable bonds is 4. The van der Waals surface area contributed by atoms with Crippen LogP contribution in [0, 0.1) is 13.8 Å². The molecule has 138 valence electrons. The highest BCUT2D eigenvalue weighted by molar-refractivity contribution is 7.99. The summed E-state index contributed by atoms with van der Waals surface area (Å²) < 4.78 is 1.92. The molecule has 0 fully saturated rings. The van der Waals surface area contributed by atoms with E-state index in [9.17, 15) is 4.79 Å². The molecule has 4 rings (SSSR count). The van der Waals surface area contributed by atoms with Crippen LogP contribution in [0.15, 0.2) is 53.9 Å². The van der Waals surface area contributed by atoms with Crippen LogP contribution < -0.4 is 4.90 Å². The molecule has 0 bridgehead atoms. The molecule has 2 aromatic carbocycles. The highest BCUT2D eigenvalue weighted by Gasteiger charge is 2.24. The van der Waals surface area contributed by atoms with E-state index in [0.29, 0.717) is 5.75 Å². The highest BCUT2D eigenvalue weighted by Crippen LogP contribution is 2.31. The third-order valence-corrected chi connectivity index (χ3v) is 5.80. The molecule has 1 amide bonds. The van der Waals surface area contributed by atoms with Gasteiger partial charge in [0.25, 0.3) is 0 Å². The third kappa shape index (κ3) is 3.62. The summed E-state index contributed by atoms with van der Waals surface area (Å²) in [4.78, 5) is 14.9. The van der Waals surface area contributed by atoms with Crippen LogP contribution in [0.2, 0.25) is 0 Å². The Kier molecular flexibility index (Phi) is 4.99. The van der Waals surface area contributed by atoms with Crippen LogP contribution in [0.25, 0.3) is 5.69 Å². The Bertz CT molecular complexity index is 965. The van der Waals surface area contributed by atoms with Gasteiger partial charge in [-0.1, -0.05) is 47.7 Å². The fourth-order valence-corrected chi connectivity index (χ4v) is 4.31. The molecule has 1 aromatic heterocycles. The van der Waals surface area contributed by atoms with Crippen LogP contribution >= 0.6 is 11.8 Å². The SMILES string of the molecule is Cc1ccc(-n2cnnc2SCC(=O)N2CCCc3cccc(C)c32)cc1. The molecular formula is C21H22N4OS. The lowest BCUT2D eigenvalue weighted by molar-refractivity contribution is -0.116. The van der Waals surface area contributed by atoms with Crippen LogP contribution in [0.4, 0.5) is 5.69 Å². The maximum atomic E-state index is 12.9. The van der Waals surface area contributed by atoms with Crippen molar-refractivity contribution < 1.29 is 4.79 Å². The molecule has 0 radical (unpaired) electrons. The summed E-state index contributed by atoms with van der Waals surface area (Å²) in [6.45, 7) is 4.91. The fourth-order valence-electron chi connectivity index (χ4n) is 3.51. The first-order valence-corrected chi connectivity index (χ1v) is 10.1. The predicted octanol–water partition coefficient (Wildman–Crippen LogP) is 3.96. The lowest BCUT2D eigenvalue weighted by Gasteiger charge is -2.31. The van der Waals surface area contributed by atoms with Gasteiger partial charge in [-0.2, -0.15) is 0 Å². The number of thioether (sulfide) groups is 1. The van der Waals surface area contributed by atoms with E-state index in [4.69, 9.17) is 0 Å². The van der Waals surface area contributed by atoms with E-state index < -0.39 is 0 Å². The van der Waals surface area contributed by atoms with Crippen molar-refractivity contribution >= 4 is 23.4 Å². The van der Waals surface area contributed by atoms with Gasteiger partial charge in [0.1, 0.15) is 6.33 Å². The molecule has 0 saturated heterocycles. The van der Waals surface area contributed by atoms with E-state index >= 15 is 0 Å². The first-order valence-electron chi connectivity index (χ1n) is 9.12. The number of aromatic nitrogens is 3. The Morgan fingerprint density at radius 2 is 1.96 bits per heavy atom. The number of nitrogens with zero attached hydrogens (tertiary/aromatic N) is 4. The van der Waals surface area contributed by atoms with Crippen molar-refractivity contribution in [3.05, 3.63) is 65.5 Å². The van der Waals surface area contributed by atoms with Crippen molar-refractivity contribution in [2.45, 2.75) is 31.8 Å². The molecule has 0 aliphatic carbocycles. The average molecular weight is 379 g/mol. The molecular weight excluding hydrogens is 356 g/mol. The molecule has 0 spiro atoms. The standard InChI is InChI=1S/C21H22N4OS/c1-15-8-10-18(11-9-15)25-14-22-23-21(25)27-13-19(26)24-12-4-7-17-6-3-5-16(2)20(17)24/h3,5-6,8-11,14H,4,7,12-13H2,1-2H3. The number of anilines is 1. The minimum absolute atomic E-state index is 0.119. The summed E-state index contributed by atoms with van der Waals surface area (Å²) in [6, 6.07) is 14.5. The topological polar surface area (TPSA) is 51.0 Å². The minimum Gasteiger partial charge on any atom is -0.311 e. The summed E-state index contributed by atoms with van der Waals surface area (Å²) >= 11 is 1.43. The number of fused-ring (bicyclic) bond motifs is 1. The number of carbonyl (C=O) groups is 1. The van der Waals surface area contributed by atoms with Gasteiger partial charge in [-0.25, -0.2) is 0 Å². The summed E-state index contributed by atoms with van der Waals surface area (Å²) in [5.41, 5.74) is 5.72. The van der Waals surface area contributed by atoms with E-state index in [1.807, 2.05) is 21.6 Å². The quantitative estimate of drug-likeness (QED) is 0.645. The molecule has 3 aromatic rings. The van der Waals surface area contributed by atoms with E-state index in [2.05, 4.69) is 54.4 Å². The van der Waals surface area contributed by atoms with Crippen LogP contribution in [-0.4, -0.2) is 33.0 Å². The maximum Gasteiger partial charge on any atom is 0.237 e. The van der Waals surface area contributed by atoms with Gasteiger partial charge in [-0.15, -0.1) is 10.2 Å². The number of carbonyl (C=O) groups excluding carboxylic acids is 1. The zero-order valence-electron chi connectivity index (χ0n) is 15.6. The van der Waals surface area contributed by atoms with Crippen LogP contribution in [0.3, 0.4) is 0 Å². The molecule has 1 aliphatic rings. The summed E-state index contributed by atoms with van der Waals surface area (Å²) in [5.74, 6) is 0.465. The van der Waals surface area contributed by atoms with Gasteiger partial charge in [0.15, 0.2) is 5.16 Å². The zero-order chi connectivity index (χ0) is 18.8. The summed E-state index contributed by atoms with van der Waals surface area (Å²) in [6.07, 6.45) is 3.74. The average Bonchev–Trinajstić information content (AvgIpc) is 3.15. The number of para-hydroxylation sites is 1. The Morgan fingerprint density at radius 1 is 1.15 bits per heavy atom. The van der Waals surface area contributed by atoms with Gasteiger partial charge >= 0.3 is 0 Å². The maximum absolute atomic E-state index is 12.9. The van der Waals surface area contributed by atoms with Crippen molar-refractivity contribution in [2.75, 3.05) is 17.2 Å². The van der Waals surface area contributed by atoms with Gasteiger partial charge in [0, 0.05) is 17.9 Å². The molecule has 0 N–H and O–H groups in total. The lowest BCUT2D eigenvalue weighted by Crippen LogP contribution is -2.37. The Morgan fingerprint density at radius 3 is 2.78 bits per heavy atom. The largest absolute Gasteiger partial charge is 0.311 e. The molecule has 1 aliphatic heterocycles. The van der Waals surface area contributed by atoms with E-state index in [1.54, 1.807) is 6.33 Å². The lowest BCUT2D eigenvalue weighted by atomic mass is 9.98. The first kappa shape index (κ1) is 17.8. The Hall–Kier alpha value is -2.60. The van der Waals surface area contributed by atoms with Gasteiger partial charge in [-0.05, 0) is 49.9 Å². The number of amides is 1. The van der Waals surface area contributed by atoms with Crippen LogP contribution in [-0.2, 0) is 11.2 Å². The van der Waals surface area contributed by atoms with Crippen molar-refractivity contribution in [1.29, 1.82) is 0 Å². The number of benzene rings is 2. The molecule has 0 saturated carbocycles. The predicted molar refractivity (Wildman–Crippen MR) is 109 cm³/mol. The second kappa shape index (κ2) is 7.56. The summed E-state index contributed by atoms with van der Waals surface area (Å²) in [5, 5.41) is 8.96. The van der Waals surface area contributed by atoms with Gasteiger partial charge in [0.2, 0.25) is 5.91 Å². The molecule has 0 unspecified atom stereocenters. The van der Waals surface area contributed by atoms with Crippen molar-refractivity contribution in [1.82, 2.24) is 14.8 Å². The second-order valence-electron chi connectivity index (χ2n) is 6.84. The first-order chi connectivity index (χ1) is 13.1. The van der Waals surface area contributed by atoms with Gasteiger partial charge < -0.3 is 4.90 Å². The van der Waals surface area contributed by atoms with Crippen LogP contribution in [0.5, 0.6) is 0 Å². The van der Waals surface area contributed by atoms with E-state index in [-0.39, 0.29) is 5.91 Å². The number of aryl methyl sites for hydroxylation is 3. The summed E-state index contributed by atoms with van der Waals surface area (Å²) in [7, 11) is 0. The van der Waals surface area contributed by atoms with Crippen molar-refractivity contribution in [3.8, 4) is 5.69 Å². The normalized spacial score (nSPS) is 13.5. The van der Waals surface area contributed by atoms with Crippen molar-refractivity contribution in [3.63, 3.8) is 0 Å².